The fourth-order valence-corrected chi connectivity index (χ4v) is 4.53. The molecule has 0 radical (unpaired) electrons. The quantitative estimate of drug-likeness (QED) is 0.277. The molecule has 0 amide bonds. The predicted molar refractivity (Wildman–Crippen MR) is 121 cm³/mol. The van der Waals surface area contributed by atoms with Crippen LogP contribution in [0.5, 0.6) is 0 Å². The lowest BCUT2D eigenvalue weighted by Gasteiger charge is -2.12. The standard InChI is InChI=1S/C27H24F2NO/c1-14(2)17-6-7-20-18(11-17)8-9-30(5)26(20)24-16(4)15(3)10-21-25-22(29)12-19(28)13-23(25)31-27(21)24/h6-14H,1-5H3/q+1. The van der Waals surface area contributed by atoms with Crippen molar-refractivity contribution in [3.05, 3.63) is 77.0 Å². The highest BCUT2D eigenvalue weighted by molar-refractivity contribution is 6.12. The average molecular weight is 416 g/mol. The number of fused-ring (bicyclic) bond motifs is 4. The number of aromatic nitrogens is 1. The minimum absolute atomic E-state index is 0.226. The van der Waals surface area contributed by atoms with Gasteiger partial charge >= 0.3 is 0 Å². The van der Waals surface area contributed by atoms with Crippen molar-refractivity contribution < 1.29 is 17.8 Å². The summed E-state index contributed by atoms with van der Waals surface area (Å²) in [7, 11) is 2.00. The zero-order chi connectivity index (χ0) is 22.0. The van der Waals surface area contributed by atoms with Gasteiger partial charge in [0.2, 0.25) is 5.69 Å². The van der Waals surface area contributed by atoms with Crippen molar-refractivity contribution in [1.82, 2.24) is 0 Å². The maximum Gasteiger partial charge on any atom is 0.224 e. The number of nitrogens with zero attached hydrogens (tertiary/aromatic N) is 1. The van der Waals surface area contributed by atoms with Gasteiger partial charge < -0.3 is 4.42 Å². The molecule has 0 saturated carbocycles. The smallest absolute Gasteiger partial charge is 0.224 e. The van der Waals surface area contributed by atoms with Gasteiger partial charge in [-0.3, -0.25) is 0 Å². The fraction of sp³-hybridized carbons (Fsp3) is 0.222. The van der Waals surface area contributed by atoms with Crippen LogP contribution in [0.3, 0.4) is 0 Å². The van der Waals surface area contributed by atoms with Crippen LogP contribution in [0.2, 0.25) is 0 Å². The van der Waals surface area contributed by atoms with Gasteiger partial charge in [0.05, 0.1) is 16.3 Å². The number of furan rings is 1. The number of benzene rings is 3. The van der Waals surface area contributed by atoms with Crippen LogP contribution < -0.4 is 4.57 Å². The molecule has 0 bridgehead atoms. The van der Waals surface area contributed by atoms with E-state index in [0.29, 0.717) is 22.3 Å². The monoisotopic (exact) mass is 416 g/mol. The van der Waals surface area contributed by atoms with E-state index in [-0.39, 0.29) is 5.58 Å². The lowest BCUT2D eigenvalue weighted by Crippen LogP contribution is -2.31. The molecule has 5 aromatic rings. The van der Waals surface area contributed by atoms with Gasteiger partial charge in [-0.05, 0) is 54.0 Å². The molecular formula is C27H24F2NO+. The van der Waals surface area contributed by atoms with Gasteiger partial charge in [0.25, 0.3) is 0 Å². The normalized spacial score (nSPS) is 12.0. The van der Waals surface area contributed by atoms with E-state index in [1.54, 1.807) is 0 Å². The van der Waals surface area contributed by atoms with Gasteiger partial charge in [-0.1, -0.05) is 26.0 Å². The molecule has 0 N–H and O–H groups in total. The second-order valence-electron chi connectivity index (χ2n) is 8.71. The van der Waals surface area contributed by atoms with Gasteiger partial charge in [0, 0.05) is 23.6 Å². The maximum absolute atomic E-state index is 14.7. The van der Waals surface area contributed by atoms with Crippen LogP contribution in [0.1, 0.15) is 36.5 Å². The maximum atomic E-state index is 14.7. The largest absolute Gasteiger partial charge is 0.455 e. The topological polar surface area (TPSA) is 17.0 Å². The second-order valence-corrected chi connectivity index (χ2v) is 8.71. The molecule has 0 fully saturated rings. The van der Waals surface area contributed by atoms with Crippen LogP contribution in [0, 0.1) is 25.5 Å². The number of hydrogen-bond acceptors (Lipinski definition) is 1. The summed E-state index contributed by atoms with van der Waals surface area (Å²) in [5.74, 6) is -0.815. The summed E-state index contributed by atoms with van der Waals surface area (Å²) in [6.07, 6.45) is 2.04. The molecular weight excluding hydrogens is 392 g/mol. The average Bonchev–Trinajstić information content (AvgIpc) is 3.07. The Balaban J connectivity index is 1.95. The van der Waals surface area contributed by atoms with E-state index >= 15 is 0 Å². The SMILES string of the molecule is Cc1cc2c(oc3cc(F)cc(F)c32)c(-c2c3ccc(C(C)C)cc3cc[n+]2C)c1C. The molecule has 2 heterocycles. The lowest BCUT2D eigenvalue weighted by molar-refractivity contribution is -0.659. The molecule has 0 spiro atoms. The number of pyridine rings is 1. The van der Waals surface area contributed by atoms with Crippen molar-refractivity contribution in [3.8, 4) is 11.3 Å². The summed E-state index contributed by atoms with van der Waals surface area (Å²) in [6, 6.07) is 12.7. The van der Waals surface area contributed by atoms with Crippen molar-refractivity contribution in [1.29, 1.82) is 0 Å². The molecule has 0 aliphatic carbocycles. The third-order valence-electron chi connectivity index (χ3n) is 6.36. The Morgan fingerprint density at radius 1 is 0.935 bits per heavy atom. The zero-order valence-electron chi connectivity index (χ0n) is 18.3. The van der Waals surface area contributed by atoms with E-state index in [1.807, 2.05) is 26.2 Å². The molecule has 0 atom stereocenters. The number of rotatable bonds is 2. The van der Waals surface area contributed by atoms with Crippen LogP contribution in [-0.2, 0) is 7.05 Å². The molecule has 2 aromatic heterocycles. The van der Waals surface area contributed by atoms with Gasteiger partial charge in [-0.15, -0.1) is 0 Å². The molecule has 2 nitrogen and oxygen atoms in total. The van der Waals surface area contributed by atoms with E-state index in [1.165, 1.54) is 11.6 Å². The molecule has 0 unspecified atom stereocenters. The van der Waals surface area contributed by atoms with Gasteiger partial charge in [-0.2, -0.15) is 0 Å². The minimum Gasteiger partial charge on any atom is -0.455 e. The third-order valence-corrected chi connectivity index (χ3v) is 6.36. The molecule has 3 aromatic carbocycles. The first-order valence-electron chi connectivity index (χ1n) is 10.5. The molecule has 156 valence electrons. The summed E-state index contributed by atoms with van der Waals surface area (Å²) < 4.78 is 36.8. The van der Waals surface area contributed by atoms with Gasteiger partial charge in [0.15, 0.2) is 6.20 Å². The van der Waals surface area contributed by atoms with Crippen molar-refractivity contribution in [2.75, 3.05) is 0 Å². The number of hydrogen-bond donors (Lipinski definition) is 0. The lowest BCUT2D eigenvalue weighted by atomic mass is 9.92. The van der Waals surface area contributed by atoms with Crippen molar-refractivity contribution in [2.45, 2.75) is 33.6 Å². The summed E-state index contributed by atoms with van der Waals surface area (Å²) >= 11 is 0. The van der Waals surface area contributed by atoms with Crippen LogP contribution in [0.4, 0.5) is 8.78 Å². The molecule has 31 heavy (non-hydrogen) atoms. The fourth-order valence-electron chi connectivity index (χ4n) is 4.53. The Bertz CT molecular complexity index is 1510. The van der Waals surface area contributed by atoms with E-state index < -0.39 is 11.6 Å². The molecule has 4 heteroatoms. The van der Waals surface area contributed by atoms with Crippen LogP contribution in [-0.4, -0.2) is 0 Å². The first-order chi connectivity index (χ1) is 14.8. The highest BCUT2D eigenvalue weighted by atomic mass is 19.1. The Hall–Kier alpha value is -3.27. The molecule has 5 rings (SSSR count). The number of aryl methyl sites for hydroxylation is 2. The summed E-state index contributed by atoms with van der Waals surface area (Å²) in [6.45, 7) is 8.43. The third kappa shape index (κ3) is 2.93. The Morgan fingerprint density at radius 2 is 1.71 bits per heavy atom. The molecule has 0 aliphatic heterocycles. The van der Waals surface area contributed by atoms with Crippen LogP contribution >= 0.6 is 0 Å². The van der Waals surface area contributed by atoms with Gasteiger partial charge in [0.1, 0.15) is 29.8 Å². The minimum atomic E-state index is -0.643. The zero-order valence-corrected chi connectivity index (χ0v) is 18.3. The number of halogens is 2. The molecule has 0 saturated heterocycles. The first kappa shape index (κ1) is 19.7. The van der Waals surface area contributed by atoms with E-state index in [4.69, 9.17) is 4.42 Å². The van der Waals surface area contributed by atoms with Crippen LogP contribution in [0.25, 0.3) is 44.0 Å². The van der Waals surface area contributed by atoms with Crippen molar-refractivity contribution >= 4 is 32.7 Å². The molecule has 0 aliphatic rings. The first-order valence-corrected chi connectivity index (χ1v) is 10.5. The van der Waals surface area contributed by atoms with Crippen molar-refractivity contribution in [2.24, 2.45) is 7.05 Å². The van der Waals surface area contributed by atoms with Crippen molar-refractivity contribution in [3.63, 3.8) is 0 Å². The summed E-state index contributed by atoms with van der Waals surface area (Å²) in [4.78, 5) is 0. The summed E-state index contributed by atoms with van der Waals surface area (Å²) in [5, 5.41) is 3.23. The highest BCUT2D eigenvalue weighted by Gasteiger charge is 2.26. The predicted octanol–water partition coefficient (Wildman–Crippen LogP) is 7.25. The van der Waals surface area contributed by atoms with E-state index in [0.717, 1.165) is 39.2 Å². The Kier molecular flexibility index (Phi) is 4.37. The highest BCUT2D eigenvalue weighted by Crippen LogP contribution is 2.41. The summed E-state index contributed by atoms with van der Waals surface area (Å²) in [5.41, 5.74) is 6.09. The van der Waals surface area contributed by atoms with Gasteiger partial charge in [-0.25, -0.2) is 13.3 Å². The Morgan fingerprint density at radius 3 is 2.45 bits per heavy atom. The van der Waals surface area contributed by atoms with E-state index in [9.17, 15) is 8.78 Å². The second kappa shape index (κ2) is 6.88. The Labute approximate surface area is 179 Å². The van der Waals surface area contributed by atoms with E-state index in [2.05, 4.69) is 49.6 Å². The van der Waals surface area contributed by atoms with Crippen LogP contribution in [0.15, 0.2) is 53.1 Å².